The first-order valence-electron chi connectivity index (χ1n) is 24.4. The van der Waals surface area contributed by atoms with Crippen molar-refractivity contribution in [1.29, 1.82) is 0 Å². The molecule has 0 radical (unpaired) electrons. The van der Waals surface area contributed by atoms with Crippen molar-refractivity contribution in [1.82, 2.24) is 0 Å². The van der Waals surface area contributed by atoms with Crippen LogP contribution in [0.5, 0.6) is 0 Å². The number of nitrogens with one attached hydrogen (secondary N) is 1. The molecule has 0 bridgehead atoms. The van der Waals surface area contributed by atoms with E-state index in [1.807, 2.05) is 0 Å². The second-order valence-corrected chi connectivity index (χ2v) is 26.8. The van der Waals surface area contributed by atoms with Gasteiger partial charge >= 0.3 is 177 Å². The van der Waals surface area contributed by atoms with E-state index in [-0.39, 0.29) is 247 Å². The number of nitrogens with zero attached hydrogens (tertiary/aromatic N) is 5. The van der Waals surface area contributed by atoms with Crippen LogP contribution in [0.15, 0.2) is 188 Å². The quantitative estimate of drug-likeness (QED) is 0.0201. The Morgan fingerprint density at radius 2 is 0.745 bits per heavy atom. The van der Waals surface area contributed by atoms with Crippen molar-refractivity contribution in [3.8, 4) is 0 Å². The Labute approximate surface area is 670 Å². The van der Waals surface area contributed by atoms with Crippen LogP contribution in [0.4, 0.5) is 34.1 Å². The summed E-state index contributed by atoms with van der Waals surface area (Å²) >= 11 is 0. The van der Waals surface area contributed by atoms with E-state index in [9.17, 15) is 103 Å². The fraction of sp³-hybridized carbons (Fsp3) is 0.0755. The second-order valence-electron chi connectivity index (χ2n) is 18.4. The largest absolute Gasteiger partial charge is 1.00 e. The number of hydrogen-bond acceptors (Lipinski definition) is 23. The standard InChI is InChI=1S/C53H44N6O23S6.6Na/c1-3-27-11-13-31(51(62)56-39-15-17-43(85(71,72)73)37-23-35(83(65,66)67)25-45(47(37)39)87(77,78)79)21-41(27)58-49(60)29-7-5-9-33(19-29)54-53(64)55-34-10-6-8-30(20-34)50(61)59-42-22-32(14-12-28(42)4-2)52(63)57-40-16-18-44(86(74,75)76)38-24-36(84(68,69)70)26-46(48(38)40)88(80,81)82;;;;;;/h5-26H,3-4H2,1-2H3,(H,56,62)(H,57,63)(H,58,60)(H,59,61)(H2,54,55,64)(H,65,66,67)(H,68,69,70)(H,71,72,73)(H,74,75,76)(H,77,78,79)(H,80,81,82);;;;;;/q;6*+1/p-6. The Bertz CT molecular complexity index is 5180. The molecule has 0 saturated heterocycles. The van der Waals surface area contributed by atoms with E-state index < -0.39 is 153 Å². The molecule has 8 rings (SSSR count). The van der Waals surface area contributed by atoms with Gasteiger partial charge in [-0.25, -0.2) is 13.4 Å². The molecule has 6 N–H and O–H groups in total. The summed E-state index contributed by atoms with van der Waals surface area (Å²) in [4.78, 5) is 12.6. The van der Waals surface area contributed by atoms with Crippen LogP contribution >= 0.6 is 0 Å². The molecule has 0 aromatic heterocycles. The molecule has 0 fully saturated rings. The van der Waals surface area contributed by atoms with Gasteiger partial charge in [-0.15, -0.1) is 0 Å². The first kappa shape index (κ1) is 87.0. The van der Waals surface area contributed by atoms with Crippen molar-refractivity contribution < 1.29 is 281 Å². The Hall–Kier alpha value is -3.11. The summed E-state index contributed by atoms with van der Waals surface area (Å²) in [6.07, 6.45) is 0.490. The van der Waals surface area contributed by atoms with Gasteiger partial charge in [-0.2, -0.15) is 42.1 Å². The molecule has 8 aromatic carbocycles. The summed E-state index contributed by atoms with van der Waals surface area (Å²) in [5.41, 5.74) is -1.49. The summed E-state index contributed by atoms with van der Waals surface area (Å²) in [5.74, 6) is -4.16. The van der Waals surface area contributed by atoms with E-state index in [2.05, 4.69) is 30.3 Å². The van der Waals surface area contributed by atoms with Crippen molar-refractivity contribution in [3.05, 3.63) is 167 Å². The third-order valence-electron chi connectivity index (χ3n) is 12.7. The summed E-state index contributed by atoms with van der Waals surface area (Å²) in [6.45, 7) is 3.37. The molecule has 0 unspecified atom stereocenters. The molecular weight excluding hydrogens is 1420 g/mol. The van der Waals surface area contributed by atoms with Gasteiger partial charge in [0, 0.05) is 27.2 Å². The molecule has 0 aliphatic carbocycles. The minimum absolute atomic E-state index is 0. The smallest absolute Gasteiger partial charge is 0.858 e. The third-order valence-corrected chi connectivity index (χ3v) is 17.9. The van der Waals surface area contributed by atoms with E-state index in [1.165, 1.54) is 72.8 Å². The molecule has 29 nitrogen and oxygen atoms in total. The maximum absolute atomic E-state index is 13.7. The SMILES string of the molecule is CCc1ccc(C([O-])=Nc2ccc(S(=O)(=O)O)c3cc(S(=O)(=O)[O-])cc(S(=O)(=O)O)c23)cc1N=C([O-])c1cccc(N=C([O-])Nc2cccc(C([O-])=Nc3cc(C([O-])=Nc4ccc(S(=O)(=O)O)c5cc(S(=O)(=O)O)cc(S(=O)(=O)O)c45)ccc3CC)c2)c1.[Na+].[Na+].[Na+].[Na+].[Na+].[Na+]. The van der Waals surface area contributed by atoms with E-state index in [4.69, 9.17) is 0 Å². The maximum atomic E-state index is 13.7. The zero-order valence-electron chi connectivity index (χ0n) is 50.4. The van der Waals surface area contributed by atoms with Crippen molar-refractivity contribution >= 4 is 146 Å². The normalized spacial score (nSPS) is 12.9. The van der Waals surface area contributed by atoms with Gasteiger partial charge in [-0.3, -0.25) is 42.7 Å². The molecular formula is C53H38N6Na6O23S6. The van der Waals surface area contributed by atoms with Gasteiger partial charge in [0.15, 0.2) is 0 Å². The number of amidine groups is 1. The summed E-state index contributed by atoms with van der Waals surface area (Å²) in [6, 6.07) is 21.3. The van der Waals surface area contributed by atoms with Gasteiger partial charge < -0.3 is 35.4 Å². The summed E-state index contributed by atoms with van der Waals surface area (Å²) in [5, 5.41) is 66.9. The first-order valence-corrected chi connectivity index (χ1v) is 33.0. The first-order chi connectivity index (χ1) is 40.8. The Balaban J connectivity index is 0.00000501. The van der Waals surface area contributed by atoms with Gasteiger partial charge in [0.25, 0.3) is 50.6 Å². The van der Waals surface area contributed by atoms with Crippen LogP contribution in [0, 0.1) is 0 Å². The minimum Gasteiger partial charge on any atom is -0.858 e. The van der Waals surface area contributed by atoms with Gasteiger partial charge in [-0.05, 0) is 155 Å². The van der Waals surface area contributed by atoms with Crippen LogP contribution in [0.2, 0.25) is 0 Å². The Morgan fingerprint density at radius 1 is 0.383 bits per heavy atom. The fourth-order valence-corrected chi connectivity index (χ4v) is 12.8. The third kappa shape index (κ3) is 21.0. The minimum atomic E-state index is -5.53. The second kappa shape index (κ2) is 34.3. The number of hydrogen-bond donors (Lipinski definition) is 6. The van der Waals surface area contributed by atoms with Crippen LogP contribution in [-0.2, 0) is 73.6 Å². The molecule has 41 heteroatoms. The van der Waals surface area contributed by atoms with Gasteiger partial charge in [0.2, 0.25) is 0 Å². The molecule has 0 heterocycles. The van der Waals surface area contributed by atoms with E-state index in [0.29, 0.717) is 35.4 Å². The fourth-order valence-electron chi connectivity index (χ4n) is 8.69. The van der Waals surface area contributed by atoms with Gasteiger partial charge in [-0.1, -0.05) is 62.4 Å². The number of aliphatic imine (C=N–C) groups is 5. The van der Waals surface area contributed by atoms with Crippen LogP contribution in [0.3, 0.4) is 0 Å². The average Bonchev–Trinajstić information content (AvgIpc) is 0.750. The topological polar surface area (TPSA) is 518 Å². The van der Waals surface area contributed by atoms with Crippen LogP contribution in [0.1, 0.15) is 47.2 Å². The molecule has 0 spiro atoms. The summed E-state index contributed by atoms with van der Waals surface area (Å²) < 4.78 is 208. The average molecular weight is 1460 g/mol. The van der Waals surface area contributed by atoms with E-state index in [0.717, 1.165) is 24.3 Å². The predicted molar refractivity (Wildman–Crippen MR) is 305 cm³/mol. The molecule has 8 aromatic rings. The van der Waals surface area contributed by atoms with Crippen LogP contribution in [0.25, 0.3) is 21.5 Å². The number of aryl methyl sites for hydroxylation is 2. The monoisotopic (exact) mass is 1460 g/mol. The maximum Gasteiger partial charge on any atom is 1.00 e. The number of anilines is 1. The van der Waals surface area contributed by atoms with Gasteiger partial charge in [0.1, 0.15) is 29.7 Å². The molecule has 0 aliphatic rings. The van der Waals surface area contributed by atoms with Crippen molar-refractivity contribution in [2.75, 3.05) is 5.32 Å². The zero-order valence-corrected chi connectivity index (χ0v) is 67.3. The number of rotatable bonds is 18. The van der Waals surface area contributed by atoms with Crippen molar-refractivity contribution in [2.24, 2.45) is 25.0 Å². The zero-order chi connectivity index (χ0) is 64.8. The number of benzene rings is 8. The Morgan fingerprint density at radius 3 is 1.13 bits per heavy atom. The van der Waals surface area contributed by atoms with Crippen LogP contribution < -0.4 is 208 Å². The van der Waals surface area contributed by atoms with Crippen LogP contribution in [-0.4, -0.2) is 107 Å². The predicted octanol–water partition coefficient (Wildman–Crippen LogP) is -15.5. The van der Waals surface area contributed by atoms with Crippen molar-refractivity contribution in [3.63, 3.8) is 0 Å². The Kier molecular flexibility index (Phi) is 31.7. The molecule has 0 saturated carbocycles. The molecule has 0 aliphatic heterocycles. The van der Waals surface area contributed by atoms with Gasteiger partial charge in [0.05, 0.1) is 44.2 Å². The molecule has 0 atom stereocenters. The summed E-state index contributed by atoms with van der Waals surface area (Å²) in [7, 11) is -32.3. The van der Waals surface area contributed by atoms with E-state index in [1.54, 1.807) is 13.8 Å². The molecule has 0 amide bonds. The van der Waals surface area contributed by atoms with E-state index >= 15 is 0 Å². The number of fused-ring (bicyclic) bond motifs is 2. The molecule has 460 valence electrons. The molecule has 94 heavy (non-hydrogen) atoms. The van der Waals surface area contributed by atoms with Crippen molar-refractivity contribution in [2.45, 2.75) is 56.1 Å².